The second-order valence-corrected chi connectivity index (χ2v) is 7.01. The third-order valence-electron chi connectivity index (χ3n) is 5.56. The molecular formula is C20H33N. The Balaban J connectivity index is 2.20. The summed E-state index contributed by atoms with van der Waals surface area (Å²) in [4.78, 5) is 0. The van der Waals surface area contributed by atoms with Gasteiger partial charge in [0.25, 0.3) is 0 Å². The fourth-order valence-electron chi connectivity index (χ4n) is 4.07. The summed E-state index contributed by atoms with van der Waals surface area (Å²) in [6.45, 7) is 12.4. The standard InChI is InChI=1S/C20H33N/c1-6-21-19(12-11-18-9-7-8-10-18)20-16(4)14(2)13-15(3)17(20)5/h13,18-19,21H,6-12H2,1-5H3. The van der Waals surface area contributed by atoms with Crippen molar-refractivity contribution in [3.63, 3.8) is 0 Å². The molecule has 1 aromatic carbocycles. The van der Waals surface area contributed by atoms with Crippen molar-refractivity contribution in [1.82, 2.24) is 5.32 Å². The molecule has 0 bridgehead atoms. The number of nitrogens with one attached hydrogen (secondary N) is 1. The minimum atomic E-state index is 0.536. The van der Waals surface area contributed by atoms with Crippen LogP contribution in [0.15, 0.2) is 6.07 Å². The Kier molecular flexibility index (Phi) is 5.87. The van der Waals surface area contributed by atoms with Crippen LogP contribution in [-0.4, -0.2) is 6.54 Å². The van der Waals surface area contributed by atoms with Gasteiger partial charge >= 0.3 is 0 Å². The molecule has 2 rings (SSSR count). The molecule has 1 nitrogen and oxygen atoms in total. The van der Waals surface area contributed by atoms with Crippen LogP contribution in [0, 0.1) is 33.6 Å². The molecule has 0 aliphatic heterocycles. The predicted octanol–water partition coefficient (Wildman–Crippen LogP) is 5.54. The SMILES string of the molecule is CCNC(CCC1CCCC1)c1c(C)c(C)cc(C)c1C. The zero-order valence-corrected chi connectivity index (χ0v) is 14.7. The molecular weight excluding hydrogens is 254 g/mol. The number of hydrogen-bond acceptors (Lipinski definition) is 1. The highest BCUT2D eigenvalue weighted by Gasteiger charge is 2.21. The van der Waals surface area contributed by atoms with Crippen LogP contribution in [0.3, 0.4) is 0 Å². The molecule has 1 aliphatic carbocycles. The van der Waals surface area contributed by atoms with Crippen LogP contribution in [0.5, 0.6) is 0 Å². The Morgan fingerprint density at radius 3 is 2.14 bits per heavy atom. The molecule has 1 unspecified atom stereocenters. The van der Waals surface area contributed by atoms with E-state index in [0.29, 0.717) is 6.04 Å². The summed E-state index contributed by atoms with van der Waals surface area (Å²) >= 11 is 0. The van der Waals surface area contributed by atoms with Gasteiger partial charge in [0.2, 0.25) is 0 Å². The molecule has 1 heteroatoms. The molecule has 1 aromatic rings. The molecule has 0 amide bonds. The summed E-state index contributed by atoms with van der Waals surface area (Å²) in [6, 6.07) is 2.88. The third-order valence-corrected chi connectivity index (χ3v) is 5.56. The van der Waals surface area contributed by atoms with Crippen molar-refractivity contribution in [2.45, 2.75) is 79.2 Å². The fraction of sp³-hybridized carbons (Fsp3) is 0.700. The highest BCUT2D eigenvalue weighted by Crippen LogP contribution is 2.34. The lowest BCUT2D eigenvalue weighted by molar-refractivity contribution is 0.415. The predicted molar refractivity (Wildman–Crippen MR) is 93.0 cm³/mol. The van der Waals surface area contributed by atoms with Crippen LogP contribution < -0.4 is 5.32 Å². The summed E-state index contributed by atoms with van der Waals surface area (Å²) in [6.07, 6.45) is 8.52. The van der Waals surface area contributed by atoms with Gasteiger partial charge in [-0.1, -0.05) is 38.7 Å². The van der Waals surface area contributed by atoms with Gasteiger partial charge in [0.05, 0.1) is 0 Å². The molecule has 0 spiro atoms. The van der Waals surface area contributed by atoms with Crippen molar-refractivity contribution in [2.24, 2.45) is 5.92 Å². The summed E-state index contributed by atoms with van der Waals surface area (Å²) in [5, 5.41) is 3.76. The average molecular weight is 287 g/mol. The summed E-state index contributed by atoms with van der Waals surface area (Å²) in [5.41, 5.74) is 7.45. The van der Waals surface area contributed by atoms with Gasteiger partial charge in [-0.15, -0.1) is 0 Å². The van der Waals surface area contributed by atoms with E-state index in [9.17, 15) is 0 Å². The maximum Gasteiger partial charge on any atom is 0.0325 e. The molecule has 1 atom stereocenters. The van der Waals surface area contributed by atoms with Crippen molar-refractivity contribution in [3.05, 3.63) is 33.9 Å². The van der Waals surface area contributed by atoms with E-state index in [0.717, 1.165) is 12.5 Å². The van der Waals surface area contributed by atoms with Crippen LogP contribution >= 0.6 is 0 Å². The van der Waals surface area contributed by atoms with Gasteiger partial charge < -0.3 is 5.32 Å². The van der Waals surface area contributed by atoms with Crippen molar-refractivity contribution >= 4 is 0 Å². The molecule has 1 saturated carbocycles. The zero-order valence-electron chi connectivity index (χ0n) is 14.7. The van der Waals surface area contributed by atoms with Gasteiger partial charge in [-0.25, -0.2) is 0 Å². The molecule has 1 fully saturated rings. The maximum absolute atomic E-state index is 3.76. The van der Waals surface area contributed by atoms with E-state index in [4.69, 9.17) is 0 Å². The average Bonchev–Trinajstić information content (AvgIpc) is 2.96. The molecule has 0 radical (unpaired) electrons. The molecule has 118 valence electrons. The van der Waals surface area contributed by atoms with Gasteiger partial charge in [0, 0.05) is 6.04 Å². The van der Waals surface area contributed by atoms with Gasteiger partial charge in [-0.2, -0.15) is 0 Å². The number of aryl methyl sites for hydroxylation is 2. The molecule has 21 heavy (non-hydrogen) atoms. The Morgan fingerprint density at radius 2 is 1.62 bits per heavy atom. The van der Waals surface area contributed by atoms with Gasteiger partial charge in [0.1, 0.15) is 0 Å². The normalized spacial score (nSPS) is 17.4. The lowest BCUT2D eigenvalue weighted by Crippen LogP contribution is -2.24. The molecule has 1 aliphatic rings. The molecule has 0 aromatic heterocycles. The van der Waals surface area contributed by atoms with E-state index in [1.807, 2.05) is 0 Å². The van der Waals surface area contributed by atoms with Crippen LogP contribution in [-0.2, 0) is 0 Å². The van der Waals surface area contributed by atoms with Crippen LogP contribution in [0.1, 0.15) is 79.3 Å². The Morgan fingerprint density at radius 1 is 1.05 bits per heavy atom. The molecule has 1 N–H and O–H groups in total. The van der Waals surface area contributed by atoms with Crippen molar-refractivity contribution < 1.29 is 0 Å². The van der Waals surface area contributed by atoms with E-state index in [2.05, 4.69) is 46.0 Å². The Bertz CT molecular complexity index is 443. The topological polar surface area (TPSA) is 12.0 Å². The van der Waals surface area contributed by atoms with Crippen LogP contribution in [0.4, 0.5) is 0 Å². The van der Waals surface area contributed by atoms with Crippen molar-refractivity contribution in [2.75, 3.05) is 6.54 Å². The van der Waals surface area contributed by atoms with Crippen molar-refractivity contribution in [3.8, 4) is 0 Å². The first-order chi connectivity index (χ1) is 10.0. The third kappa shape index (κ3) is 3.88. The van der Waals surface area contributed by atoms with Gasteiger partial charge in [-0.05, 0) is 80.8 Å². The second kappa shape index (κ2) is 7.45. The summed E-state index contributed by atoms with van der Waals surface area (Å²) < 4.78 is 0. The largest absolute Gasteiger partial charge is 0.310 e. The minimum absolute atomic E-state index is 0.536. The summed E-state index contributed by atoms with van der Waals surface area (Å²) in [7, 11) is 0. The first kappa shape index (κ1) is 16.5. The zero-order chi connectivity index (χ0) is 15.4. The van der Waals surface area contributed by atoms with E-state index >= 15 is 0 Å². The van der Waals surface area contributed by atoms with Crippen LogP contribution in [0.2, 0.25) is 0 Å². The van der Waals surface area contributed by atoms with E-state index in [1.54, 1.807) is 5.56 Å². The van der Waals surface area contributed by atoms with Crippen molar-refractivity contribution in [1.29, 1.82) is 0 Å². The Labute approximate surface area is 131 Å². The smallest absolute Gasteiger partial charge is 0.0325 e. The van der Waals surface area contributed by atoms with Crippen LogP contribution in [0.25, 0.3) is 0 Å². The highest BCUT2D eigenvalue weighted by molar-refractivity contribution is 5.45. The quantitative estimate of drug-likeness (QED) is 0.724. The molecule has 0 heterocycles. The van der Waals surface area contributed by atoms with Gasteiger partial charge in [0.15, 0.2) is 0 Å². The lowest BCUT2D eigenvalue weighted by Gasteiger charge is -2.26. The fourth-order valence-corrected chi connectivity index (χ4v) is 4.07. The highest BCUT2D eigenvalue weighted by atomic mass is 14.9. The van der Waals surface area contributed by atoms with E-state index in [-0.39, 0.29) is 0 Å². The first-order valence-corrected chi connectivity index (χ1v) is 8.85. The first-order valence-electron chi connectivity index (χ1n) is 8.85. The maximum atomic E-state index is 3.76. The number of rotatable bonds is 6. The number of benzene rings is 1. The van der Waals surface area contributed by atoms with Gasteiger partial charge in [-0.3, -0.25) is 0 Å². The second-order valence-electron chi connectivity index (χ2n) is 7.01. The molecule has 0 saturated heterocycles. The number of hydrogen-bond donors (Lipinski definition) is 1. The summed E-state index contributed by atoms with van der Waals surface area (Å²) in [5.74, 6) is 0.984. The lowest BCUT2D eigenvalue weighted by atomic mass is 9.86. The monoisotopic (exact) mass is 287 g/mol. The minimum Gasteiger partial charge on any atom is -0.310 e. The van der Waals surface area contributed by atoms with E-state index < -0.39 is 0 Å². The van der Waals surface area contributed by atoms with E-state index in [1.165, 1.54) is 60.8 Å². The Hall–Kier alpha value is -0.820.